The van der Waals surface area contributed by atoms with Gasteiger partial charge in [0.15, 0.2) is 0 Å². The first-order valence-corrected chi connectivity index (χ1v) is 7.59. The maximum absolute atomic E-state index is 6.15. The Kier molecular flexibility index (Phi) is 4.95. The van der Waals surface area contributed by atoms with Gasteiger partial charge in [0.25, 0.3) is 0 Å². The van der Waals surface area contributed by atoms with Crippen LogP contribution < -0.4 is 10.1 Å². The topological polar surface area (TPSA) is 24.5 Å². The normalized spacial score (nSPS) is 18.9. The molecule has 0 radical (unpaired) electrons. The highest BCUT2D eigenvalue weighted by molar-refractivity contribution is 6.32. The highest BCUT2D eigenvalue weighted by Crippen LogP contribution is 2.40. The number of hydrogen-bond donors (Lipinski definition) is 1. The van der Waals surface area contributed by atoms with Crippen molar-refractivity contribution in [2.24, 2.45) is 5.41 Å². The van der Waals surface area contributed by atoms with Crippen LogP contribution in [0.1, 0.15) is 32.4 Å². The predicted molar refractivity (Wildman–Crippen MR) is 84.6 cm³/mol. The van der Waals surface area contributed by atoms with Crippen molar-refractivity contribution in [2.75, 3.05) is 33.3 Å². The number of rotatable bonds is 3. The summed E-state index contributed by atoms with van der Waals surface area (Å²) in [7, 11) is 1.67. The number of benzene rings is 1. The van der Waals surface area contributed by atoms with E-state index in [2.05, 4.69) is 43.1 Å². The zero-order valence-corrected chi connectivity index (χ0v) is 13.6. The Balaban J connectivity index is 2.35. The van der Waals surface area contributed by atoms with Gasteiger partial charge in [-0.1, -0.05) is 38.4 Å². The van der Waals surface area contributed by atoms with Gasteiger partial charge in [0.2, 0.25) is 0 Å². The molecule has 0 aromatic heterocycles. The van der Waals surface area contributed by atoms with E-state index in [1.165, 1.54) is 5.56 Å². The van der Waals surface area contributed by atoms with Gasteiger partial charge in [-0.2, -0.15) is 0 Å². The van der Waals surface area contributed by atoms with Gasteiger partial charge in [0.1, 0.15) is 5.75 Å². The van der Waals surface area contributed by atoms with Gasteiger partial charge >= 0.3 is 0 Å². The zero-order chi connectivity index (χ0) is 14.8. The fourth-order valence-corrected chi connectivity index (χ4v) is 3.24. The van der Waals surface area contributed by atoms with Crippen LogP contribution in [-0.4, -0.2) is 38.2 Å². The molecule has 1 aliphatic heterocycles. The average Bonchev–Trinajstić information content (AvgIpc) is 2.40. The summed E-state index contributed by atoms with van der Waals surface area (Å²) in [6, 6.07) is 6.52. The van der Waals surface area contributed by atoms with Gasteiger partial charge in [0, 0.05) is 32.2 Å². The van der Waals surface area contributed by atoms with E-state index >= 15 is 0 Å². The van der Waals surface area contributed by atoms with Crippen molar-refractivity contribution in [2.45, 2.75) is 26.8 Å². The van der Waals surface area contributed by atoms with E-state index in [9.17, 15) is 0 Å². The van der Waals surface area contributed by atoms with Crippen LogP contribution in [0.5, 0.6) is 5.75 Å². The smallest absolute Gasteiger partial charge is 0.137 e. The first kappa shape index (κ1) is 15.6. The number of nitrogens with one attached hydrogen (secondary N) is 1. The number of methoxy groups -OCH3 is 1. The third-order valence-corrected chi connectivity index (χ3v) is 4.14. The van der Waals surface area contributed by atoms with Crippen molar-refractivity contribution in [1.29, 1.82) is 0 Å². The monoisotopic (exact) mass is 296 g/mol. The predicted octanol–water partition coefficient (Wildman–Crippen LogP) is 3.34. The highest BCUT2D eigenvalue weighted by Gasteiger charge is 2.32. The lowest BCUT2D eigenvalue weighted by atomic mass is 9.81. The molecule has 20 heavy (non-hydrogen) atoms. The van der Waals surface area contributed by atoms with Crippen LogP contribution in [0.2, 0.25) is 5.02 Å². The van der Waals surface area contributed by atoms with Crippen molar-refractivity contribution >= 4 is 11.6 Å². The Morgan fingerprint density at radius 1 is 1.25 bits per heavy atom. The molecule has 112 valence electrons. The van der Waals surface area contributed by atoms with Crippen molar-refractivity contribution < 1.29 is 4.74 Å². The fraction of sp³-hybridized carbons (Fsp3) is 0.625. The minimum absolute atomic E-state index is 0.163. The molecular weight excluding hydrogens is 272 g/mol. The van der Waals surface area contributed by atoms with Crippen LogP contribution in [0.4, 0.5) is 0 Å². The second-order valence-corrected chi connectivity index (χ2v) is 6.86. The minimum atomic E-state index is 0.163. The molecular formula is C16H25ClN2O. The Labute approximate surface area is 127 Å². The molecule has 4 heteroatoms. The largest absolute Gasteiger partial charge is 0.495 e. The van der Waals surface area contributed by atoms with Crippen LogP contribution >= 0.6 is 11.6 Å². The van der Waals surface area contributed by atoms with Gasteiger partial charge in [0.05, 0.1) is 12.1 Å². The third kappa shape index (κ3) is 3.46. The zero-order valence-electron chi connectivity index (χ0n) is 12.9. The molecule has 0 spiro atoms. The van der Waals surface area contributed by atoms with Gasteiger partial charge in [-0.05, 0) is 23.1 Å². The van der Waals surface area contributed by atoms with Crippen LogP contribution in [0, 0.1) is 5.41 Å². The van der Waals surface area contributed by atoms with Crippen molar-refractivity contribution in [1.82, 2.24) is 10.2 Å². The van der Waals surface area contributed by atoms with E-state index in [0.29, 0.717) is 11.1 Å². The summed E-state index contributed by atoms with van der Waals surface area (Å²) in [5.41, 5.74) is 1.44. The molecule has 0 aliphatic carbocycles. The third-order valence-electron chi connectivity index (χ3n) is 3.83. The van der Waals surface area contributed by atoms with E-state index in [-0.39, 0.29) is 5.41 Å². The molecule has 3 nitrogen and oxygen atoms in total. The second-order valence-electron chi connectivity index (χ2n) is 6.45. The van der Waals surface area contributed by atoms with Crippen molar-refractivity contribution in [3.63, 3.8) is 0 Å². The Hall–Kier alpha value is -0.770. The summed E-state index contributed by atoms with van der Waals surface area (Å²) in [5, 5.41) is 4.09. The van der Waals surface area contributed by atoms with Crippen LogP contribution in [-0.2, 0) is 0 Å². The summed E-state index contributed by atoms with van der Waals surface area (Å²) in [6.45, 7) is 11.1. The SMILES string of the molecule is COc1cc([C@@H](N2CCNCC2)C(C)(C)C)ccc1Cl. The summed E-state index contributed by atoms with van der Waals surface area (Å²) in [6.07, 6.45) is 0. The van der Waals surface area contributed by atoms with E-state index in [0.717, 1.165) is 31.9 Å². The molecule has 1 aromatic carbocycles. The molecule has 0 saturated carbocycles. The van der Waals surface area contributed by atoms with Gasteiger partial charge in [-0.15, -0.1) is 0 Å². The molecule has 1 heterocycles. The lowest BCUT2D eigenvalue weighted by Gasteiger charge is -2.42. The quantitative estimate of drug-likeness (QED) is 0.926. The summed E-state index contributed by atoms with van der Waals surface area (Å²) < 4.78 is 5.37. The lowest BCUT2D eigenvalue weighted by molar-refractivity contribution is 0.0861. The second kappa shape index (κ2) is 6.33. The van der Waals surface area contributed by atoms with E-state index in [1.54, 1.807) is 7.11 Å². The fourth-order valence-electron chi connectivity index (χ4n) is 3.05. The van der Waals surface area contributed by atoms with Crippen LogP contribution in [0.15, 0.2) is 18.2 Å². The number of ether oxygens (including phenoxy) is 1. The molecule has 1 saturated heterocycles. The lowest BCUT2D eigenvalue weighted by Crippen LogP contribution is -2.48. The molecule has 1 N–H and O–H groups in total. The standard InChI is InChI=1S/C16H25ClN2O/c1-16(2,3)15(19-9-7-18-8-10-19)12-5-6-13(17)14(11-12)20-4/h5-6,11,15,18H,7-10H2,1-4H3/t15-/m1/s1. The summed E-state index contributed by atoms with van der Waals surface area (Å²) in [5.74, 6) is 0.758. The first-order chi connectivity index (χ1) is 9.43. The van der Waals surface area contributed by atoms with Crippen molar-refractivity contribution in [3.8, 4) is 5.75 Å². The van der Waals surface area contributed by atoms with Gasteiger partial charge in [-0.3, -0.25) is 4.90 Å². The number of nitrogens with zero attached hydrogens (tertiary/aromatic N) is 1. The minimum Gasteiger partial charge on any atom is -0.495 e. The van der Waals surface area contributed by atoms with Crippen LogP contribution in [0.25, 0.3) is 0 Å². The highest BCUT2D eigenvalue weighted by atomic mass is 35.5. The Bertz CT molecular complexity index is 450. The number of hydrogen-bond acceptors (Lipinski definition) is 3. The number of halogens is 1. The number of piperazine rings is 1. The Morgan fingerprint density at radius 2 is 1.90 bits per heavy atom. The van der Waals surface area contributed by atoms with E-state index < -0.39 is 0 Å². The molecule has 1 aliphatic rings. The molecule has 0 amide bonds. The maximum Gasteiger partial charge on any atom is 0.137 e. The van der Waals surface area contributed by atoms with E-state index in [4.69, 9.17) is 16.3 Å². The molecule has 1 aromatic rings. The van der Waals surface area contributed by atoms with Crippen LogP contribution in [0.3, 0.4) is 0 Å². The first-order valence-electron chi connectivity index (χ1n) is 7.21. The molecule has 1 atom stereocenters. The van der Waals surface area contributed by atoms with E-state index in [1.807, 2.05) is 6.07 Å². The Morgan fingerprint density at radius 3 is 2.45 bits per heavy atom. The molecule has 0 bridgehead atoms. The average molecular weight is 297 g/mol. The van der Waals surface area contributed by atoms with Gasteiger partial charge in [-0.25, -0.2) is 0 Å². The molecule has 1 fully saturated rings. The molecule has 0 unspecified atom stereocenters. The molecule has 2 rings (SSSR count). The summed E-state index contributed by atoms with van der Waals surface area (Å²) in [4.78, 5) is 2.55. The van der Waals surface area contributed by atoms with Gasteiger partial charge < -0.3 is 10.1 Å². The van der Waals surface area contributed by atoms with Crippen molar-refractivity contribution in [3.05, 3.63) is 28.8 Å². The maximum atomic E-state index is 6.15. The summed E-state index contributed by atoms with van der Waals surface area (Å²) >= 11 is 6.15.